The first-order valence-corrected chi connectivity index (χ1v) is 7.07. The minimum absolute atomic E-state index is 0.00613. The molecule has 0 spiro atoms. The number of Topliss-reactive ketones (excluding diaryl/α,β-unsaturated/α-hetero) is 1. The highest BCUT2D eigenvalue weighted by Crippen LogP contribution is 2.20. The lowest BCUT2D eigenvalue weighted by molar-refractivity contribution is 0.0921. The molecule has 0 aromatic heterocycles. The Morgan fingerprint density at radius 2 is 1.86 bits per heavy atom. The smallest absolute Gasteiger partial charge is 0.200 e. The van der Waals surface area contributed by atoms with Crippen LogP contribution < -0.4 is 4.74 Å². The van der Waals surface area contributed by atoms with Gasteiger partial charge in [-0.05, 0) is 44.0 Å². The maximum absolute atomic E-state index is 12.2. The van der Waals surface area contributed by atoms with Gasteiger partial charge in [-0.15, -0.1) is 0 Å². The summed E-state index contributed by atoms with van der Waals surface area (Å²) < 4.78 is 5.68. The number of carbonyl (C=O) groups is 1. The highest BCUT2D eigenvalue weighted by Gasteiger charge is 2.09. The predicted octanol–water partition coefficient (Wildman–Crippen LogP) is 4.60. The Morgan fingerprint density at radius 3 is 2.57 bits per heavy atom. The topological polar surface area (TPSA) is 26.3 Å². The van der Waals surface area contributed by atoms with Crippen LogP contribution in [0.2, 0.25) is 0 Å². The van der Waals surface area contributed by atoms with Gasteiger partial charge in [-0.3, -0.25) is 4.79 Å². The number of benzene rings is 2. The number of allylic oxidation sites excluding steroid dienone is 1. The number of para-hydroxylation sites is 1. The predicted molar refractivity (Wildman–Crippen MR) is 86.9 cm³/mol. The van der Waals surface area contributed by atoms with Crippen LogP contribution in [0.25, 0.3) is 6.08 Å². The van der Waals surface area contributed by atoms with Crippen LogP contribution in [0.5, 0.6) is 5.75 Å². The second kappa shape index (κ2) is 6.89. The third-order valence-corrected chi connectivity index (χ3v) is 3.45. The van der Waals surface area contributed by atoms with Crippen molar-refractivity contribution in [2.75, 3.05) is 6.61 Å². The van der Waals surface area contributed by atoms with Gasteiger partial charge in [0, 0.05) is 11.1 Å². The largest absolute Gasteiger partial charge is 0.485 e. The van der Waals surface area contributed by atoms with Crippen molar-refractivity contribution in [2.45, 2.75) is 20.8 Å². The molecule has 0 amide bonds. The van der Waals surface area contributed by atoms with E-state index >= 15 is 0 Å². The van der Waals surface area contributed by atoms with Crippen molar-refractivity contribution in [3.8, 4) is 5.75 Å². The average molecular weight is 280 g/mol. The molecule has 108 valence electrons. The number of hydrogen-bond donors (Lipinski definition) is 0. The zero-order valence-corrected chi connectivity index (χ0v) is 12.7. The van der Waals surface area contributed by atoms with Gasteiger partial charge in [-0.2, -0.15) is 0 Å². The normalized spacial score (nSPS) is 10.8. The Kier molecular flexibility index (Phi) is 4.94. The highest BCUT2D eigenvalue weighted by molar-refractivity contribution is 5.97. The van der Waals surface area contributed by atoms with Gasteiger partial charge >= 0.3 is 0 Å². The third kappa shape index (κ3) is 3.82. The van der Waals surface area contributed by atoms with Crippen molar-refractivity contribution in [3.63, 3.8) is 0 Å². The van der Waals surface area contributed by atoms with Gasteiger partial charge in [-0.25, -0.2) is 0 Å². The number of ether oxygens (including phenoxy) is 1. The van der Waals surface area contributed by atoms with E-state index in [-0.39, 0.29) is 12.4 Å². The van der Waals surface area contributed by atoms with Crippen LogP contribution in [0.3, 0.4) is 0 Å². The molecule has 21 heavy (non-hydrogen) atoms. The van der Waals surface area contributed by atoms with Crippen LogP contribution in [-0.2, 0) is 0 Å². The molecule has 2 aromatic rings. The van der Waals surface area contributed by atoms with Crippen LogP contribution in [0.4, 0.5) is 0 Å². The van der Waals surface area contributed by atoms with Crippen molar-refractivity contribution in [1.82, 2.24) is 0 Å². The molecule has 0 unspecified atom stereocenters. The maximum Gasteiger partial charge on any atom is 0.200 e. The van der Waals surface area contributed by atoms with Gasteiger partial charge < -0.3 is 4.74 Å². The molecule has 0 atom stereocenters. The quantitative estimate of drug-likeness (QED) is 0.748. The summed E-state index contributed by atoms with van der Waals surface area (Å²) in [5, 5.41) is 0. The summed E-state index contributed by atoms with van der Waals surface area (Å²) in [6.07, 6.45) is 3.92. The van der Waals surface area contributed by atoms with Crippen LogP contribution in [0.15, 0.2) is 48.5 Å². The van der Waals surface area contributed by atoms with Crippen molar-refractivity contribution in [3.05, 3.63) is 70.8 Å². The van der Waals surface area contributed by atoms with Gasteiger partial charge in [0.15, 0.2) is 12.4 Å². The molecular weight excluding hydrogens is 260 g/mol. The van der Waals surface area contributed by atoms with Gasteiger partial charge in [0.05, 0.1) is 0 Å². The molecular formula is C19H20O2. The Morgan fingerprint density at radius 1 is 1.10 bits per heavy atom. The van der Waals surface area contributed by atoms with Crippen molar-refractivity contribution in [1.29, 1.82) is 0 Å². The Hall–Kier alpha value is -2.35. The van der Waals surface area contributed by atoms with Crippen molar-refractivity contribution >= 4 is 11.9 Å². The van der Waals surface area contributed by atoms with E-state index in [0.29, 0.717) is 5.56 Å². The molecule has 0 fully saturated rings. The monoisotopic (exact) mass is 280 g/mol. The van der Waals surface area contributed by atoms with E-state index in [0.717, 1.165) is 16.9 Å². The molecule has 0 bridgehead atoms. The molecule has 2 aromatic carbocycles. The first-order valence-electron chi connectivity index (χ1n) is 7.07. The van der Waals surface area contributed by atoms with E-state index in [2.05, 4.69) is 0 Å². The van der Waals surface area contributed by atoms with E-state index in [1.165, 1.54) is 5.56 Å². The summed E-state index contributed by atoms with van der Waals surface area (Å²) in [5.74, 6) is 0.723. The molecule has 2 heteroatoms. The minimum Gasteiger partial charge on any atom is -0.485 e. The summed E-state index contributed by atoms with van der Waals surface area (Å²) in [6.45, 7) is 6.05. The second-order valence-electron chi connectivity index (χ2n) is 5.05. The van der Waals surface area contributed by atoms with Gasteiger partial charge in [0.25, 0.3) is 0 Å². The Balaban J connectivity index is 2.09. The summed E-state index contributed by atoms with van der Waals surface area (Å²) in [4.78, 5) is 12.2. The maximum atomic E-state index is 12.2. The molecule has 0 aliphatic heterocycles. The van der Waals surface area contributed by atoms with Gasteiger partial charge in [0.1, 0.15) is 5.75 Å². The second-order valence-corrected chi connectivity index (χ2v) is 5.05. The van der Waals surface area contributed by atoms with Crippen molar-refractivity contribution in [2.24, 2.45) is 0 Å². The minimum atomic E-state index is -0.00613. The summed E-state index contributed by atoms with van der Waals surface area (Å²) in [7, 11) is 0. The van der Waals surface area contributed by atoms with Gasteiger partial charge in [0.2, 0.25) is 0 Å². The fourth-order valence-electron chi connectivity index (χ4n) is 2.07. The van der Waals surface area contributed by atoms with E-state index in [9.17, 15) is 4.79 Å². The van der Waals surface area contributed by atoms with E-state index < -0.39 is 0 Å². The standard InChI is InChI=1S/C19H20O2/c1-4-7-16-8-5-6-9-19(16)21-13-18(20)17-11-10-14(2)15(3)12-17/h4-12H,13H2,1-3H3. The van der Waals surface area contributed by atoms with E-state index in [4.69, 9.17) is 4.74 Å². The molecule has 0 saturated heterocycles. The molecule has 0 aliphatic carbocycles. The molecule has 0 aliphatic rings. The summed E-state index contributed by atoms with van der Waals surface area (Å²) >= 11 is 0. The number of hydrogen-bond acceptors (Lipinski definition) is 2. The molecule has 0 radical (unpaired) electrons. The average Bonchev–Trinajstić information content (AvgIpc) is 2.49. The van der Waals surface area contributed by atoms with Crippen LogP contribution in [0.1, 0.15) is 34.0 Å². The lowest BCUT2D eigenvalue weighted by atomic mass is 10.0. The molecule has 0 heterocycles. The molecule has 2 rings (SSSR count). The van der Waals surface area contributed by atoms with E-state index in [1.54, 1.807) is 0 Å². The zero-order valence-electron chi connectivity index (χ0n) is 12.7. The lowest BCUT2D eigenvalue weighted by Crippen LogP contribution is -2.12. The number of rotatable bonds is 5. The zero-order chi connectivity index (χ0) is 15.2. The number of aryl methyl sites for hydroxylation is 2. The van der Waals surface area contributed by atoms with E-state index in [1.807, 2.05) is 75.4 Å². The van der Waals surface area contributed by atoms with Crippen LogP contribution in [0, 0.1) is 13.8 Å². The Bertz CT molecular complexity index is 669. The SMILES string of the molecule is CC=Cc1ccccc1OCC(=O)c1ccc(C)c(C)c1. The first kappa shape index (κ1) is 15.0. The van der Waals surface area contributed by atoms with Crippen LogP contribution in [-0.4, -0.2) is 12.4 Å². The fourth-order valence-corrected chi connectivity index (χ4v) is 2.07. The molecule has 0 N–H and O–H groups in total. The third-order valence-electron chi connectivity index (χ3n) is 3.45. The first-order chi connectivity index (χ1) is 10.1. The van der Waals surface area contributed by atoms with Crippen molar-refractivity contribution < 1.29 is 9.53 Å². The molecule has 2 nitrogen and oxygen atoms in total. The summed E-state index contributed by atoms with van der Waals surface area (Å²) in [5.41, 5.74) is 3.98. The highest BCUT2D eigenvalue weighted by atomic mass is 16.5. The van der Waals surface area contributed by atoms with Gasteiger partial charge in [-0.1, -0.05) is 42.5 Å². The summed E-state index contributed by atoms with van der Waals surface area (Å²) in [6, 6.07) is 13.4. The molecule has 0 saturated carbocycles. The Labute approximate surface area is 126 Å². The number of carbonyl (C=O) groups excluding carboxylic acids is 1. The number of ketones is 1. The lowest BCUT2D eigenvalue weighted by Gasteiger charge is -2.09. The van der Waals surface area contributed by atoms with Crippen LogP contribution >= 0.6 is 0 Å². The fraction of sp³-hybridized carbons (Fsp3) is 0.211.